The fourth-order valence-corrected chi connectivity index (χ4v) is 2.12. The lowest BCUT2D eigenvalue weighted by Gasteiger charge is -2.29. The van der Waals surface area contributed by atoms with Crippen molar-refractivity contribution in [2.45, 2.75) is 39.7 Å². The smallest absolute Gasteiger partial charge is 0.311 e. The van der Waals surface area contributed by atoms with E-state index >= 15 is 0 Å². The molecule has 1 fully saturated rings. The molecule has 0 saturated carbocycles. The van der Waals surface area contributed by atoms with Crippen molar-refractivity contribution in [1.29, 1.82) is 0 Å². The minimum absolute atomic E-state index is 0.0756. The second kappa shape index (κ2) is 4.64. The van der Waals surface area contributed by atoms with Crippen molar-refractivity contribution in [1.82, 2.24) is 5.32 Å². The minimum Gasteiger partial charge on any atom is -0.481 e. The highest BCUT2D eigenvalue weighted by atomic mass is 16.6. The van der Waals surface area contributed by atoms with Gasteiger partial charge in [-0.1, -0.05) is 6.92 Å². The Morgan fingerprint density at radius 2 is 2.06 bits per heavy atom. The zero-order valence-corrected chi connectivity index (χ0v) is 10.9. The van der Waals surface area contributed by atoms with E-state index in [1.165, 1.54) is 0 Å². The molecule has 1 unspecified atom stereocenters. The van der Waals surface area contributed by atoms with E-state index in [4.69, 9.17) is 4.74 Å². The molecule has 0 aromatic carbocycles. The molecule has 0 bridgehead atoms. The fraction of sp³-hybridized carbons (Fsp3) is 0.833. The summed E-state index contributed by atoms with van der Waals surface area (Å²) in [6, 6.07) is 0. The lowest BCUT2D eigenvalue weighted by molar-refractivity contribution is -0.165. The van der Waals surface area contributed by atoms with Crippen LogP contribution in [0.15, 0.2) is 0 Å². The van der Waals surface area contributed by atoms with Crippen LogP contribution in [0.5, 0.6) is 0 Å². The number of rotatable bonds is 3. The molecule has 1 saturated heterocycles. The number of aliphatic carboxylic acids is 1. The van der Waals surface area contributed by atoms with Crippen LogP contribution in [0.1, 0.15) is 34.1 Å². The molecule has 5 heteroatoms. The number of ether oxygens (including phenoxy) is 1. The molecule has 0 aliphatic carbocycles. The van der Waals surface area contributed by atoms with E-state index in [1.54, 1.807) is 20.8 Å². The minimum atomic E-state index is -1.03. The van der Waals surface area contributed by atoms with E-state index in [1.807, 2.05) is 6.92 Å². The van der Waals surface area contributed by atoms with E-state index in [-0.39, 0.29) is 12.3 Å². The van der Waals surface area contributed by atoms with Crippen molar-refractivity contribution in [2.24, 2.45) is 11.3 Å². The highest BCUT2D eigenvalue weighted by Crippen LogP contribution is 2.36. The van der Waals surface area contributed by atoms with Crippen LogP contribution < -0.4 is 5.32 Å². The molecule has 0 radical (unpaired) electrons. The van der Waals surface area contributed by atoms with Gasteiger partial charge in [-0.15, -0.1) is 0 Å². The summed E-state index contributed by atoms with van der Waals surface area (Å²) in [5.74, 6) is -1.45. The zero-order valence-electron chi connectivity index (χ0n) is 10.9. The molecule has 2 N–H and O–H groups in total. The van der Waals surface area contributed by atoms with Crippen LogP contribution in [0.25, 0.3) is 0 Å². The lowest BCUT2D eigenvalue weighted by atomic mass is 9.76. The van der Waals surface area contributed by atoms with Crippen molar-refractivity contribution < 1.29 is 19.4 Å². The Labute approximate surface area is 102 Å². The molecule has 5 nitrogen and oxygen atoms in total. The highest BCUT2D eigenvalue weighted by molar-refractivity contribution is 5.83. The molecule has 1 aliphatic heterocycles. The number of carbonyl (C=O) groups excluding carboxylic acids is 1. The van der Waals surface area contributed by atoms with Gasteiger partial charge in [0.05, 0.1) is 11.8 Å². The lowest BCUT2D eigenvalue weighted by Crippen LogP contribution is -2.41. The van der Waals surface area contributed by atoms with E-state index in [0.717, 1.165) is 0 Å². The Morgan fingerprint density at radius 3 is 2.41 bits per heavy atom. The quantitative estimate of drug-likeness (QED) is 0.724. The van der Waals surface area contributed by atoms with Crippen molar-refractivity contribution in [3.05, 3.63) is 0 Å². The van der Waals surface area contributed by atoms with Gasteiger partial charge in [0.15, 0.2) is 0 Å². The van der Waals surface area contributed by atoms with Crippen LogP contribution in [0, 0.1) is 11.3 Å². The molecule has 17 heavy (non-hydrogen) atoms. The largest absolute Gasteiger partial charge is 0.481 e. The maximum Gasteiger partial charge on any atom is 0.311 e. The summed E-state index contributed by atoms with van der Waals surface area (Å²) < 4.78 is 5.19. The number of carbonyl (C=O) groups is 2. The summed E-state index contributed by atoms with van der Waals surface area (Å²) in [5, 5.41) is 12.4. The Morgan fingerprint density at radius 1 is 1.47 bits per heavy atom. The molecule has 0 spiro atoms. The van der Waals surface area contributed by atoms with E-state index < -0.39 is 23.0 Å². The first-order valence-corrected chi connectivity index (χ1v) is 5.83. The van der Waals surface area contributed by atoms with Gasteiger partial charge in [0.1, 0.15) is 5.60 Å². The SMILES string of the molecule is CC1CNC[C@@]1(CC(=O)OC(C)(C)C)C(=O)O. The first kappa shape index (κ1) is 14.0. The number of hydrogen-bond donors (Lipinski definition) is 2. The monoisotopic (exact) mass is 243 g/mol. The first-order valence-electron chi connectivity index (χ1n) is 5.83. The molecular weight excluding hydrogens is 222 g/mol. The van der Waals surface area contributed by atoms with Gasteiger partial charge in [-0.2, -0.15) is 0 Å². The van der Waals surface area contributed by atoms with Gasteiger partial charge in [-0.05, 0) is 33.2 Å². The van der Waals surface area contributed by atoms with Crippen molar-refractivity contribution in [3.8, 4) is 0 Å². The standard InChI is InChI=1S/C12H21NO4/c1-8-6-13-7-12(8,10(15)16)5-9(14)17-11(2,3)4/h8,13H,5-7H2,1-4H3,(H,15,16)/t8?,12-/m1/s1. The zero-order chi connectivity index (χ0) is 13.3. The molecule has 1 aliphatic rings. The maximum atomic E-state index is 11.8. The molecule has 0 aromatic heterocycles. The molecule has 1 heterocycles. The molecule has 0 amide bonds. The van der Waals surface area contributed by atoms with Gasteiger partial charge < -0.3 is 15.2 Å². The maximum absolute atomic E-state index is 11.8. The van der Waals surface area contributed by atoms with Gasteiger partial charge in [0, 0.05) is 6.54 Å². The number of nitrogens with one attached hydrogen (secondary N) is 1. The predicted molar refractivity (Wildman–Crippen MR) is 62.6 cm³/mol. The molecule has 2 atom stereocenters. The summed E-state index contributed by atoms with van der Waals surface area (Å²) in [6.45, 7) is 8.11. The molecule has 0 aromatic rings. The Kier molecular flexibility index (Phi) is 3.81. The van der Waals surface area contributed by atoms with Gasteiger partial charge in [0.2, 0.25) is 0 Å². The Hall–Kier alpha value is -1.10. The van der Waals surface area contributed by atoms with Crippen LogP contribution >= 0.6 is 0 Å². The summed E-state index contributed by atoms with van der Waals surface area (Å²) in [6.07, 6.45) is -0.0756. The number of hydrogen-bond acceptors (Lipinski definition) is 4. The summed E-state index contributed by atoms with van der Waals surface area (Å²) in [7, 11) is 0. The third kappa shape index (κ3) is 3.19. The van der Waals surface area contributed by atoms with Gasteiger partial charge in [0.25, 0.3) is 0 Å². The van der Waals surface area contributed by atoms with Gasteiger partial charge >= 0.3 is 11.9 Å². The number of esters is 1. The number of carboxylic acid groups (broad SMARTS) is 1. The summed E-state index contributed by atoms with van der Waals surface area (Å²) in [4.78, 5) is 23.1. The van der Waals surface area contributed by atoms with Crippen molar-refractivity contribution in [3.63, 3.8) is 0 Å². The normalized spacial score (nSPS) is 29.1. The average molecular weight is 243 g/mol. The molecule has 98 valence electrons. The summed E-state index contributed by atoms with van der Waals surface area (Å²) >= 11 is 0. The Bertz CT molecular complexity index is 321. The van der Waals surface area contributed by atoms with E-state index in [9.17, 15) is 14.7 Å². The molecule has 1 rings (SSSR count). The average Bonchev–Trinajstić information content (AvgIpc) is 2.45. The Balaban J connectivity index is 2.75. The van der Waals surface area contributed by atoms with E-state index in [0.29, 0.717) is 13.1 Å². The van der Waals surface area contributed by atoms with Crippen LogP contribution in [-0.2, 0) is 14.3 Å². The fourth-order valence-electron chi connectivity index (χ4n) is 2.12. The van der Waals surface area contributed by atoms with Gasteiger partial charge in [-0.3, -0.25) is 9.59 Å². The third-order valence-electron chi connectivity index (χ3n) is 3.14. The van der Waals surface area contributed by atoms with Gasteiger partial charge in [-0.25, -0.2) is 0 Å². The third-order valence-corrected chi connectivity index (χ3v) is 3.14. The van der Waals surface area contributed by atoms with Crippen molar-refractivity contribution in [2.75, 3.05) is 13.1 Å². The predicted octanol–water partition coefficient (Wildman–Crippen LogP) is 1.03. The number of carboxylic acids is 1. The second-order valence-corrected chi connectivity index (χ2v) is 5.76. The van der Waals surface area contributed by atoms with Crippen LogP contribution in [0.3, 0.4) is 0 Å². The van der Waals surface area contributed by atoms with Crippen LogP contribution in [0.4, 0.5) is 0 Å². The molecular formula is C12H21NO4. The highest BCUT2D eigenvalue weighted by Gasteiger charge is 2.49. The topological polar surface area (TPSA) is 75.6 Å². The van der Waals surface area contributed by atoms with Crippen LogP contribution in [-0.4, -0.2) is 35.7 Å². The van der Waals surface area contributed by atoms with Crippen LogP contribution in [0.2, 0.25) is 0 Å². The van der Waals surface area contributed by atoms with Crippen molar-refractivity contribution >= 4 is 11.9 Å². The summed E-state index contributed by atoms with van der Waals surface area (Å²) in [5.41, 5.74) is -1.60. The second-order valence-electron chi connectivity index (χ2n) is 5.76. The van der Waals surface area contributed by atoms with E-state index in [2.05, 4.69) is 5.32 Å². The first-order chi connectivity index (χ1) is 7.67.